The summed E-state index contributed by atoms with van der Waals surface area (Å²) in [6.45, 7) is 2.76. The van der Waals surface area contributed by atoms with Gasteiger partial charge < -0.3 is 10.1 Å². The number of aryl methyl sites for hydroxylation is 1. The van der Waals surface area contributed by atoms with Gasteiger partial charge in [0.25, 0.3) is 0 Å². The van der Waals surface area contributed by atoms with Crippen molar-refractivity contribution in [1.29, 1.82) is 0 Å². The Kier molecular flexibility index (Phi) is 3.69. The molecule has 0 spiro atoms. The van der Waals surface area contributed by atoms with Gasteiger partial charge in [0.2, 0.25) is 0 Å². The first-order chi connectivity index (χ1) is 10.3. The molecule has 0 bridgehead atoms. The molecule has 0 atom stereocenters. The molecule has 1 heterocycles. The van der Waals surface area contributed by atoms with Crippen LogP contribution < -0.4 is 10.1 Å². The lowest BCUT2D eigenvalue weighted by molar-refractivity contribution is 0.414. The van der Waals surface area contributed by atoms with Crippen molar-refractivity contribution < 1.29 is 4.74 Å². The van der Waals surface area contributed by atoms with Crippen LogP contribution in [0.2, 0.25) is 0 Å². The van der Waals surface area contributed by atoms with Crippen LogP contribution in [0, 0.1) is 6.92 Å². The van der Waals surface area contributed by atoms with E-state index in [-0.39, 0.29) is 0 Å². The third kappa shape index (κ3) is 2.94. The molecule has 0 saturated carbocycles. The molecule has 0 aliphatic carbocycles. The Morgan fingerprint density at radius 2 is 1.95 bits per heavy atom. The van der Waals surface area contributed by atoms with Crippen LogP contribution in [0.5, 0.6) is 5.75 Å². The van der Waals surface area contributed by atoms with E-state index in [1.165, 1.54) is 5.56 Å². The minimum atomic E-state index is 0.693. The van der Waals surface area contributed by atoms with Crippen LogP contribution in [-0.4, -0.2) is 17.1 Å². The van der Waals surface area contributed by atoms with Crippen LogP contribution in [-0.2, 0) is 6.54 Å². The fourth-order valence-corrected chi connectivity index (χ4v) is 2.38. The van der Waals surface area contributed by atoms with Gasteiger partial charge in [0, 0.05) is 11.9 Å². The number of fused-ring (bicyclic) bond motifs is 1. The van der Waals surface area contributed by atoms with Crippen LogP contribution in [0.25, 0.3) is 10.9 Å². The SMILES string of the molecule is COc1cc(C)cc(CNc2ncnc3ccccc23)c1. The van der Waals surface area contributed by atoms with Gasteiger partial charge in [-0.1, -0.05) is 18.2 Å². The molecule has 3 rings (SSSR count). The van der Waals surface area contributed by atoms with Crippen molar-refractivity contribution in [3.63, 3.8) is 0 Å². The minimum Gasteiger partial charge on any atom is -0.497 e. The predicted molar refractivity (Wildman–Crippen MR) is 84.6 cm³/mol. The summed E-state index contributed by atoms with van der Waals surface area (Å²) in [5.74, 6) is 1.72. The molecular formula is C17H17N3O. The summed E-state index contributed by atoms with van der Waals surface area (Å²) >= 11 is 0. The van der Waals surface area contributed by atoms with Crippen molar-refractivity contribution in [2.24, 2.45) is 0 Å². The highest BCUT2D eigenvalue weighted by molar-refractivity contribution is 5.88. The first kappa shape index (κ1) is 13.4. The van der Waals surface area contributed by atoms with Crippen LogP contribution >= 0.6 is 0 Å². The van der Waals surface area contributed by atoms with Gasteiger partial charge in [-0.15, -0.1) is 0 Å². The number of rotatable bonds is 4. The molecule has 0 amide bonds. The van der Waals surface area contributed by atoms with Gasteiger partial charge in [0.05, 0.1) is 12.6 Å². The fourth-order valence-electron chi connectivity index (χ4n) is 2.38. The number of aromatic nitrogens is 2. The normalized spacial score (nSPS) is 10.6. The van der Waals surface area contributed by atoms with Gasteiger partial charge in [0.15, 0.2) is 0 Å². The van der Waals surface area contributed by atoms with E-state index >= 15 is 0 Å². The molecule has 21 heavy (non-hydrogen) atoms. The van der Waals surface area contributed by atoms with E-state index in [9.17, 15) is 0 Å². The Morgan fingerprint density at radius 1 is 1.10 bits per heavy atom. The van der Waals surface area contributed by atoms with E-state index < -0.39 is 0 Å². The summed E-state index contributed by atoms with van der Waals surface area (Å²) in [4.78, 5) is 8.60. The molecule has 0 radical (unpaired) electrons. The van der Waals surface area contributed by atoms with E-state index in [2.05, 4.69) is 28.3 Å². The molecule has 0 aliphatic heterocycles. The van der Waals surface area contributed by atoms with Crippen molar-refractivity contribution in [1.82, 2.24) is 9.97 Å². The van der Waals surface area contributed by atoms with Gasteiger partial charge in [-0.05, 0) is 42.3 Å². The number of para-hydroxylation sites is 1. The first-order valence-corrected chi connectivity index (χ1v) is 6.84. The molecular weight excluding hydrogens is 262 g/mol. The zero-order chi connectivity index (χ0) is 14.7. The van der Waals surface area contributed by atoms with E-state index in [0.29, 0.717) is 6.54 Å². The first-order valence-electron chi connectivity index (χ1n) is 6.84. The van der Waals surface area contributed by atoms with Gasteiger partial charge in [-0.3, -0.25) is 0 Å². The van der Waals surface area contributed by atoms with Crippen molar-refractivity contribution in [3.8, 4) is 5.75 Å². The standard InChI is InChI=1S/C17H17N3O/c1-12-7-13(9-14(8-12)21-2)10-18-17-15-5-3-4-6-16(15)19-11-20-17/h3-9,11H,10H2,1-2H3,(H,18,19,20). The van der Waals surface area contributed by atoms with E-state index in [1.807, 2.05) is 36.4 Å². The molecule has 4 heteroatoms. The van der Waals surface area contributed by atoms with Gasteiger partial charge in [-0.2, -0.15) is 0 Å². The number of anilines is 1. The Balaban J connectivity index is 1.85. The fraction of sp³-hybridized carbons (Fsp3) is 0.176. The van der Waals surface area contributed by atoms with Gasteiger partial charge in [-0.25, -0.2) is 9.97 Å². The molecule has 0 saturated heterocycles. The van der Waals surface area contributed by atoms with Crippen LogP contribution in [0.1, 0.15) is 11.1 Å². The molecule has 4 nitrogen and oxygen atoms in total. The van der Waals surface area contributed by atoms with Crippen molar-refractivity contribution in [2.45, 2.75) is 13.5 Å². The minimum absolute atomic E-state index is 0.693. The zero-order valence-corrected chi connectivity index (χ0v) is 12.1. The number of hydrogen-bond acceptors (Lipinski definition) is 4. The maximum absolute atomic E-state index is 5.30. The number of benzene rings is 2. The molecule has 1 N–H and O–H groups in total. The average Bonchev–Trinajstić information content (AvgIpc) is 2.52. The van der Waals surface area contributed by atoms with Crippen molar-refractivity contribution in [3.05, 3.63) is 59.9 Å². The number of nitrogens with zero attached hydrogens (tertiary/aromatic N) is 2. The average molecular weight is 279 g/mol. The third-order valence-corrected chi connectivity index (χ3v) is 3.35. The second-order valence-electron chi connectivity index (χ2n) is 4.95. The maximum Gasteiger partial charge on any atom is 0.137 e. The Labute approximate surface area is 123 Å². The van der Waals surface area contributed by atoms with E-state index in [0.717, 1.165) is 28.0 Å². The quantitative estimate of drug-likeness (QED) is 0.793. The summed E-state index contributed by atoms with van der Waals surface area (Å²) in [5.41, 5.74) is 3.28. The van der Waals surface area contributed by atoms with E-state index in [1.54, 1.807) is 13.4 Å². The molecule has 3 aromatic rings. The second-order valence-corrected chi connectivity index (χ2v) is 4.95. The lowest BCUT2D eigenvalue weighted by Crippen LogP contribution is -2.03. The smallest absolute Gasteiger partial charge is 0.137 e. The zero-order valence-electron chi connectivity index (χ0n) is 12.1. The monoisotopic (exact) mass is 279 g/mol. The number of methoxy groups -OCH3 is 1. The summed E-state index contributed by atoms with van der Waals surface area (Å²) in [6.07, 6.45) is 1.58. The lowest BCUT2D eigenvalue weighted by atomic mass is 10.1. The molecule has 2 aromatic carbocycles. The molecule has 106 valence electrons. The van der Waals surface area contributed by atoms with Crippen LogP contribution in [0.15, 0.2) is 48.8 Å². The van der Waals surface area contributed by atoms with Crippen molar-refractivity contribution >= 4 is 16.7 Å². The highest BCUT2D eigenvalue weighted by Gasteiger charge is 2.04. The summed E-state index contributed by atoms with van der Waals surface area (Å²) in [7, 11) is 1.68. The molecule has 0 aliphatic rings. The number of hydrogen-bond donors (Lipinski definition) is 1. The Hall–Kier alpha value is -2.62. The summed E-state index contributed by atoms with van der Waals surface area (Å²) in [6, 6.07) is 14.2. The number of nitrogens with one attached hydrogen (secondary N) is 1. The van der Waals surface area contributed by atoms with E-state index in [4.69, 9.17) is 4.74 Å². The molecule has 1 aromatic heterocycles. The largest absolute Gasteiger partial charge is 0.497 e. The highest BCUT2D eigenvalue weighted by Crippen LogP contribution is 2.21. The lowest BCUT2D eigenvalue weighted by Gasteiger charge is -2.10. The van der Waals surface area contributed by atoms with Crippen LogP contribution in [0.4, 0.5) is 5.82 Å². The summed E-state index contributed by atoms with van der Waals surface area (Å²) < 4.78 is 5.30. The second kappa shape index (κ2) is 5.79. The topological polar surface area (TPSA) is 47.0 Å². The maximum atomic E-state index is 5.30. The number of ether oxygens (including phenoxy) is 1. The predicted octanol–water partition coefficient (Wildman–Crippen LogP) is 3.56. The Morgan fingerprint density at radius 3 is 2.81 bits per heavy atom. The Bertz CT molecular complexity index is 766. The molecule has 0 unspecified atom stereocenters. The molecule has 0 fully saturated rings. The van der Waals surface area contributed by atoms with Gasteiger partial charge in [0.1, 0.15) is 17.9 Å². The highest BCUT2D eigenvalue weighted by atomic mass is 16.5. The summed E-state index contributed by atoms with van der Waals surface area (Å²) in [5, 5.41) is 4.40. The van der Waals surface area contributed by atoms with Crippen LogP contribution in [0.3, 0.4) is 0 Å². The third-order valence-electron chi connectivity index (χ3n) is 3.35. The van der Waals surface area contributed by atoms with Gasteiger partial charge >= 0.3 is 0 Å². The van der Waals surface area contributed by atoms with Crippen molar-refractivity contribution in [2.75, 3.05) is 12.4 Å².